The summed E-state index contributed by atoms with van der Waals surface area (Å²) in [5.41, 5.74) is 2.64. The topological polar surface area (TPSA) is 108 Å². The van der Waals surface area contributed by atoms with Crippen molar-refractivity contribution in [1.29, 1.82) is 0 Å². The normalized spacial score (nSPS) is 10.6. The van der Waals surface area contributed by atoms with E-state index >= 15 is 0 Å². The number of hydrogen-bond acceptors (Lipinski definition) is 6. The second kappa shape index (κ2) is 12.3. The van der Waals surface area contributed by atoms with E-state index in [0.717, 1.165) is 24.2 Å². The highest BCUT2D eigenvalue weighted by Gasteiger charge is 2.14. The first-order valence-corrected chi connectivity index (χ1v) is 11.0. The molecule has 34 heavy (non-hydrogen) atoms. The van der Waals surface area contributed by atoms with Crippen molar-refractivity contribution in [3.05, 3.63) is 77.7 Å². The van der Waals surface area contributed by atoms with Gasteiger partial charge >= 0.3 is 6.03 Å². The SMILES string of the molecule is Cc1cnc(NC(=O)Nc2ccc(C(=O)NCc3ccccc3)cc2OCCCN(C)C)cn1. The van der Waals surface area contributed by atoms with Crippen LogP contribution in [0.1, 0.15) is 28.0 Å². The fraction of sp³-hybridized carbons (Fsp3) is 0.280. The molecule has 3 rings (SSSR count). The molecule has 0 saturated heterocycles. The van der Waals surface area contributed by atoms with E-state index < -0.39 is 6.03 Å². The van der Waals surface area contributed by atoms with Crippen LogP contribution in [0.5, 0.6) is 5.75 Å². The van der Waals surface area contributed by atoms with Crippen molar-refractivity contribution in [3.8, 4) is 5.75 Å². The van der Waals surface area contributed by atoms with E-state index in [4.69, 9.17) is 4.74 Å². The van der Waals surface area contributed by atoms with Crippen LogP contribution in [0.3, 0.4) is 0 Å². The fourth-order valence-corrected chi connectivity index (χ4v) is 3.06. The third-order valence-electron chi connectivity index (χ3n) is 4.82. The summed E-state index contributed by atoms with van der Waals surface area (Å²) in [5.74, 6) is 0.512. The van der Waals surface area contributed by atoms with Gasteiger partial charge in [-0.3, -0.25) is 15.1 Å². The third kappa shape index (κ3) is 7.86. The van der Waals surface area contributed by atoms with E-state index in [9.17, 15) is 9.59 Å². The van der Waals surface area contributed by atoms with Crippen LogP contribution in [0.25, 0.3) is 0 Å². The van der Waals surface area contributed by atoms with Crippen molar-refractivity contribution < 1.29 is 14.3 Å². The molecule has 3 amide bonds. The first-order valence-electron chi connectivity index (χ1n) is 11.0. The average Bonchev–Trinajstić information content (AvgIpc) is 2.83. The maximum absolute atomic E-state index is 12.7. The van der Waals surface area contributed by atoms with Crippen molar-refractivity contribution >= 4 is 23.4 Å². The minimum absolute atomic E-state index is 0.229. The van der Waals surface area contributed by atoms with Crippen LogP contribution in [-0.4, -0.2) is 54.1 Å². The van der Waals surface area contributed by atoms with E-state index in [1.807, 2.05) is 51.4 Å². The zero-order chi connectivity index (χ0) is 24.3. The minimum atomic E-state index is -0.488. The van der Waals surface area contributed by atoms with Crippen molar-refractivity contribution in [2.75, 3.05) is 37.9 Å². The summed E-state index contributed by atoms with van der Waals surface area (Å²) < 4.78 is 5.93. The minimum Gasteiger partial charge on any atom is -0.491 e. The number of nitrogens with one attached hydrogen (secondary N) is 3. The van der Waals surface area contributed by atoms with E-state index in [1.165, 1.54) is 6.20 Å². The number of ether oxygens (including phenoxy) is 1. The first-order chi connectivity index (χ1) is 16.4. The molecular weight excluding hydrogens is 432 g/mol. The number of urea groups is 1. The summed E-state index contributed by atoms with van der Waals surface area (Å²) in [6.45, 7) is 3.52. The molecule has 0 atom stereocenters. The van der Waals surface area contributed by atoms with Gasteiger partial charge in [0.15, 0.2) is 5.82 Å². The molecule has 3 aromatic rings. The Morgan fingerprint density at radius 1 is 1.00 bits per heavy atom. The molecule has 0 aliphatic rings. The zero-order valence-corrected chi connectivity index (χ0v) is 19.7. The summed E-state index contributed by atoms with van der Waals surface area (Å²) >= 11 is 0. The predicted octanol–water partition coefficient (Wildman–Crippen LogP) is 3.69. The van der Waals surface area contributed by atoms with Gasteiger partial charge in [-0.2, -0.15) is 0 Å². The van der Waals surface area contributed by atoms with E-state index in [1.54, 1.807) is 24.4 Å². The molecule has 0 radical (unpaired) electrons. The highest BCUT2D eigenvalue weighted by molar-refractivity contribution is 6.01. The van der Waals surface area contributed by atoms with Gasteiger partial charge in [-0.05, 0) is 51.2 Å². The zero-order valence-electron chi connectivity index (χ0n) is 19.7. The number of amides is 3. The van der Waals surface area contributed by atoms with Gasteiger partial charge in [0, 0.05) is 18.7 Å². The number of nitrogens with zero attached hydrogens (tertiary/aromatic N) is 3. The number of aromatic nitrogens is 2. The summed E-state index contributed by atoms with van der Waals surface area (Å²) in [6.07, 6.45) is 3.84. The van der Waals surface area contributed by atoms with Gasteiger partial charge in [0.2, 0.25) is 0 Å². The number of rotatable bonds is 10. The molecule has 0 spiro atoms. The van der Waals surface area contributed by atoms with Crippen LogP contribution in [0.15, 0.2) is 60.9 Å². The molecule has 0 fully saturated rings. The molecule has 3 N–H and O–H groups in total. The number of benzene rings is 2. The van der Waals surface area contributed by atoms with Gasteiger partial charge in [-0.15, -0.1) is 0 Å². The number of aryl methyl sites for hydroxylation is 1. The Labute approximate surface area is 199 Å². The van der Waals surface area contributed by atoms with Gasteiger partial charge in [0.05, 0.1) is 30.4 Å². The molecule has 9 nitrogen and oxygen atoms in total. The van der Waals surface area contributed by atoms with E-state index in [0.29, 0.717) is 36.0 Å². The molecular formula is C25H30N6O3. The van der Waals surface area contributed by atoms with Gasteiger partial charge in [0.25, 0.3) is 5.91 Å². The Morgan fingerprint density at radius 2 is 1.79 bits per heavy atom. The monoisotopic (exact) mass is 462 g/mol. The highest BCUT2D eigenvalue weighted by Crippen LogP contribution is 2.26. The highest BCUT2D eigenvalue weighted by atomic mass is 16.5. The van der Waals surface area contributed by atoms with Gasteiger partial charge in [-0.25, -0.2) is 9.78 Å². The second-order valence-corrected chi connectivity index (χ2v) is 8.01. The molecule has 0 saturated carbocycles. The summed E-state index contributed by atoms with van der Waals surface area (Å²) in [4.78, 5) is 35.5. The Morgan fingerprint density at radius 3 is 2.50 bits per heavy atom. The van der Waals surface area contributed by atoms with Crippen LogP contribution < -0.4 is 20.7 Å². The fourth-order valence-electron chi connectivity index (χ4n) is 3.06. The van der Waals surface area contributed by atoms with Crippen LogP contribution >= 0.6 is 0 Å². The van der Waals surface area contributed by atoms with Gasteiger partial charge in [-0.1, -0.05) is 30.3 Å². The predicted molar refractivity (Wildman–Crippen MR) is 132 cm³/mol. The number of anilines is 2. The molecule has 0 aliphatic heterocycles. The maximum Gasteiger partial charge on any atom is 0.324 e. The third-order valence-corrected chi connectivity index (χ3v) is 4.82. The van der Waals surface area contributed by atoms with Gasteiger partial charge < -0.3 is 20.3 Å². The maximum atomic E-state index is 12.7. The Balaban J connectivity index is 1.69. The number of carbonyl (C=O) groups is 2. The van der Waals surface area contributed by atoms with Crippen LogP contribution in [0.2, 0.25) is 0 Å². The second-order valence-electron chi connectivity index (χ2n) is 8.01. The molecule has 1 aromatic heterocycles. The molecule has 0 bridgehead atoms. The van der Waals surface area contributed by atoms with Crippen molar-refractivity contribution in [2.24, 2.45) is 0 Å². The molecule has 1 heterocycles. The molecule has 9 heteroatoms. The number of carbonyl (C=O) groups excluding carboxylic acids is 2. The largest absolute Gasteiger partial charge is 0.491 e. The first kappa shape index (κ1) is 24.7. The lowest BCUT2D eigenvalue weighted by atomic mass is 10.1. The quantitative estimate of drug-likeness (QED) is 0.397. The van der Waals surface area contributed by atoms with Crippen molar-refractivity contribution in [3.63, 3.8) is 0 Å². The summed E-state index contributed by atoms with van der Waals surface area (Å²) in [7, 11) is 3.98. The molecule has 2 aromatic carbocycles. The van der Waals surface area contributed by atoms with Crippen LogP contribution in [0.4, 0.5) is 16.3 Å². The Hall–Kier alpha value is -3.98. The lowest BCUT2D eigenvalue weighted by Crippen LogP contribution is -2.24. The number of hydrogen-bond donors (Lipinski definition) is 3. The Bertz CT molecular complexity index is 1090. The van der Waals surface area contributed by atoms with Crippen molar-refractivity contribution in [2.45, 2.75) is 19.9 Å². The standard InChI is InChI=1S/C25H30N6O3/c1-18-15-27-23(17-26-18)30-25(33)29-21-11-10-20(14-22(21)34-13-7-12-31(2)3)24(32)28-16-19-8-5-4-6-9-19/h4-6,8-11,14-15,17H,7,12-13,16H2,1-3H3,(H,28,32)(H2,27,29,30,33). The lowest BCUT2D eigenvalue weighted by Gasteiger charge is -2.15. The summed E-state index contributed by atoms with van der Waals surface area (Å²) in [6, 6.07) is 14.1. The average molecular weight is 463 g/mol. The van der Waals surface area contributed by atoms with E-state index in [-0.39, 0.29) is 5.91 Å². The summed E-state index contributed by atoms with van der Waals surface area (Å²) in [5, 5.41) is 8.31. The van der Waals surface area contributed by atoms with Crippen LogP contribution in [-0.2, 0) is 6.54 Å². The van der Waals surface area contributed by atoms with E-state index in [2.05, 4.69) is 30.8 Å². The lowest BCUT2D eigenvalue weighted by molar-refractivity contribution is 0.0950. The van der Waals surface area contributed by atoms with Crippen molar-refractivity contribution in [1.82, 2.24) is 20.2 Å². The van der Waals surface area contributed by atoms with Gasteiger partial charge in [0.1, 0.15) is 5.75 Å². The molecule has 178 valence electrons. The Kier molecular flexibility index (Phi) is 8.93. The smallest absolute Gasteiger partial charge is 0.324 e. The van der Waals surface area contributed by atoms with Crippen LogP contribution in [0, 0.1) is 6.92 Å². The molecule has 0 unspecified atom stereocenters. The molecule has 0 aliphatic carbocycles.